The second-order valence-electron chi connectivity index (χ2n) is 9.52. The van der Waals surface area contributed by atoms with Crippen molar-refractivity contribution < 1.29 is 18.7 Å². The molecule has 0 N–H and O–H groups in total. The Morgan fingerprint density at radius 1 is 1.06 bits per heavy atom. The van der Waals surface area contributed by atoms with Gasteiger partial charge in [-0.1, -0.05) is 53.7 Å². The molecule has 5 heteroatoms. The maximum Gasteiger partial charge on any atom is 0.191 e. The predicted molar refractivity (Wildman–Crippen MR) is 130 cm³/mol. The molecule has 0 aliphatic heterocycles. The third-order valence-electron chi connectivity index (χ3n) is 7.66. The molecule has 0 amide bonds. The minimum atomic E-state index is -1.65. The molecule has 1 aliphatic carbocycles. The standard InChI is InChI=1S/C26H44O4Si/c1-8-31(9-2,10-3)30-17-20(5)25-21(6)26(19(4)11-16-24(25)27)29-18-22-12-14-23(28-7)15-13-22/h12-15,19-21,25-26H,8-11,16-18H2,1-7H3/t19-,20-,21+,25-,26-/m0/s1. The van der Waals surface area contributed by atoms with Gasteiger partial charge < -0.3 is 13.9 Å². The van der Waals surface area contributed by atoms with E-state index in [0.717, 1.165) is 35.9 Å². The van der Waals surface area contributed by atoms with Crippen LogP contribution in [0.2, 0.25) is 18.1 Å². The van der Waals surface area contributed by atoms with Crippen LogP contribution < -0.4 is 4.74 Å². The Balaban J connectivity index is 2.08. The third-order valence-corrected chi connectivity index (χ3v) is 12.3. The summed E-state index contributed by atoms with van der Waals surface area (Å²) in [5.74, 6) is 2.01. The molecule has 1 aromatic carbocycles. The average molecular weight is 449 g/mol. The molecule has 0 bridgehead atoms. The van der Waals surface area contributed by atoms with Gasteiger partial charge in [0.15, 0.2) is 8.32 Å². The van der Waals surface area contributed by atoms with Crippen LogP contribution in [-0.4, -0.2) is 33.9 Å². The Labute approximate surface area is 191 Å². The zero-order chi connectivity index (χ0) is 23.0. The van der Waals surface area contributed by atoms with E-state index in [4.69, 9.17) is 13.9 Å². The number of carbonyl (C=O) groups excluding carboxylic acids is 1. The molecule has 31 heavy (non-hydrogen) atoms. The number of ketones is 1. The first kappa shape index (κ1) is 26.1. The number of methoxy groups -OCH3 is 1. The maximum absolute atomic E-state index is 13.1. The third kappa shape index (κ3) is 6.66. The summed E-state index contributed by atoms with van der Waals surface area (Å²) in [6.45, 7) is 14.7. The van der Waals surface area contributed by atoms with Crippen molar-refractivity contribution in [3.05, 3.63) is 29.8 Å². The zero-order valence-corrected chi connectivity index (χ0v) is 21.8. The van der Waals surface area contributed by atoms with E-state index in [9.17, 15) is 4.79 Å². The van der Waals surface area contributed by atoms with Crippen molar-refractivity contribution in [3.63, 3.8) is 0 Å². The molecule has 0 spiro atoms. The molecular formula is C26H44O4Si. The summed E-state index contributed by atoms with van der Waals surface area (Å²) in [6, 6.07) is 11.5. The van der Waals surface area contributed by atoms with Crippen molar-refractivity contribution in [2.75, 3.05) is 13.7 Å². The lowest BCUT2D eigenvalue weighted by atomic mass is 9.77. The van der Waals surface area contributed by atoms with E-state index in [-0.39, 0.29) is 23.9 Å². The molecule has 2 rings (SSSR count). The second-order valence-corrected chi connectivity index (χ2v) is 14.3. The number of hydrogen-bond acceptors (Lipinski definition) is 4. The van der Waals surface area contributed by atoms with Gasteiger partial charge in [-0.2, -0.15) is 0 Å². The summed E-state index contributed by atoms with van der Waals surface area (Å²) in [5, 5.41) is 0. The number of hydrogen-bond donors (Lipinski definition) is 0. The van der Waals surface area contributed by atoms with E-state index >= 15 is 0 Å². The highest BCUT2D eigenvalue weighted by molar-refractivity contribution is 6.73. The average Bonchev–Trinajstić information content (AvgIpc) is 2.89. The second kappa shape index (κ2) is 12.2. The fourth-order valence-electron chi connectivity index (χ4n) is 5.25. The van der Waals surface area contributed by atoms with Crippen molar-refractivity contribution in [1.29, 1.82) is 0 Å². The van der Waals surface area contributed by atoms with E-state index in [1.807, 2.05) is 12.1 Å². The van der Waals surface area contributed by atoms with Crippen molar-refractivity contribution in [1.82, 2.24) is 0 Å². The molecule has 1 saturated carbocycles. The van der Waals surface area contributed by atoms with Crippen LogP contribution in [0.1, 0.15) is 59.9 Å². The Morgan fingerprint density at radius 3 is 2.23 bits per heavy atom. The summed E-state index contributed by atoms with van der Waals surface area (Å²) >= 11 is 0. The molecule has 0 heterocycles. The lowest BCUT2D eigenvalue weighted by Crippen LogP contribution is -2.41. The molecule has 0 saturated heterocycles. The summed E-state index contributed by atoms with van der Waals surface area (Å²) in [5.41, 5.74) is 1.13. The van der Waals surface area contributed by atoms with Crippen LogP contribution in [0, 0.1) is 23.7 Å². The molecular weight excluding hydrogens is 404 g/mol. The normalized spacial score (nSPS) is 25.8. The van der Waals surface area contributed by atoms with Crippen LogP contribution >= 0.6 is 0 Å². The van der Waals surface area contributed by atoms with Crippen LogP contribution in [0.3, 0.4) is 0 Å². The smallest absolute Gasteiger partial charge is 0.191 e. The summed E-state index contributed by atoms with van der Waals surface area (Å²) < 4.78 is 18.3. The maximum atomic E-state index is 13.1. The van der Waals surface area contributed by atoms with Crippen LogP contribution in [-0.2, 0) is 20.6 Å². The highest BCUT2D eigenvalue weighted by Crippen LogP contribution is 2.37. The predicted octanol–water partition coefficient (Wildman–Crippen LogP) is 6.49. The highest BCUT2D eigenvalue weighted by atomic mass is 28.4. The van der Waals surface area contributed by atoms with Gasteiger partial charge in [0.25, 0.3) is 0 Å². The van der Waals surface area contributed by atoms with E-state index in [2.05, 4.69) is 53.7 Å². The molecule has 0 unspecified atom stereocenters. The van der Waals surface area contributed by atoms with Crippen LogP contribution in [0.15, 0.2) is 24.3 Å². The summed E-state index contributed by atoms with van der Waals surface area (Å²) in [7, 11) is 0.0262. The monoisotopic (exact) mass is 448 g/mol. The zero-order valence-electron chi connectivity index (χ0n) is 20.8. The van der Waals surface area contributed by atoms with Crippen LogP contribution in [0.25, 0.3) is 0 Å². The van der Waals surface area contributed by atoms with E-state index < -0.39 is 8.32 Å². The van der Waals surface area contributed by atoms with Gasteiger partial charge in [0, 0.05) is 18.9 Å². The van der Waals surface area contributed by atoms with Crippen molar-refractivity contribution >= 4 is 14.1 Å². The van der Waals surface area contributed by atoms with Crippen LogP contribution in [0.4, 0.5) is 0 Å². The number of carbonyl (C=O) groups is 1. The quantitative estimate of drug-likeness (QED) is 0.287. The molecule has 0 radical (unpaired) electrons. The number of ether oxygens (including phenoxy) is 2. The van der Waals surface area contributed by atoms with Gasteiger partial charge in [-0.25, -0.2) is 0 Å². The van der Waals surface area contributed by atoms with Crippen molar-refractivity contribution in [3.8, 4) is 5.75 Å². The lowest BCUT2D eigenvalue weighted by Gasteiger charge is -2.36. The molecule has 4 nitrogen and oxygen atoms in total. The summed E-state index contributed by atoms with van der Waals surface area (Å²) in [4.78, 5) is 13.1. The van der Waals surface area contributed by atoms with Gasteiger partial charge >= 0.3 is 0 Å². The molecule has 1 aromatic rings. The molecule has 1 aliphatic rings. The Morgan fingerprint density at radius 2 is 1.68 bits per heavy atom. The Bertz CT molecular complexity index is 662. The molecule has 5 atom stereocenters. The van der Waals surface area contributed by atoms with Gasteiger partial charge in [0.05, 0.1) is 19.8 Å². The van der Waals surface area contributed by atoms with E-state index in [1.165, 1.54) is 0 Å². The Hall–Kier alpha value is -1.17. The van der Waals surface area contributed by atoms with Gasteiger partial charge in [-0.15, -0.1) is 0 Å². The number of rotatable bonds is 11. The molecule has 1 fully saturated rings. The molecule has 176 valence electrons. The van der Waals surface area contributed by atoms with Crippen molar-refractivity contribution in [2.45, 2.75) is 85.2 Å². The van der Waals surface area contributed by atoms with E-state index in [1.54, 1.807) is 7.11 Å². The fraction of sp³-hybridized carbons (Fsp3) is 0.731. The number of Topliss-reactive ketones (excluding diaryl/α,β-unsaturated/α-hetero) is 1. The largest absolute Gasteiger partial charge is 0.497 e. The SMILES string of the molecule is CC[Si](CC)(CC)OC[C@H](C)[C@@H]1C(=O)CC[C@H](C)[C@H](OCc2ccc(OC)cc2)[C@@H]1C. The first-order valence-corrected chi connectivity index (χ1v) is 14.7. The van der Waals surface area contributed by atoms with Crippen molar-refractivity contribution in [2.24, 2.45) is 23.7 Å². The van der Waals surface area contributed by atoms with Gasteiger partial charge in [0.2, 0.25) is 0 Å². The fourth-order valence-corrected chi connectivity index (χ4v) is 7.98. The molecule has 0 aromatic heterocycles. The van der Waals surface area contributed by atoms with Crippen LogP contribution in [0.5, 0.6) is 5.75 Å². The first-order valence-electron chi connectivity index (χ1n) is 12.2. The van der Waals surface area contributed by atoms with E-state index in [0.29, 0.717) is 31.3 Å². The first-order chi connectivity index (χ1) is 14.8. The summed E-state index contributed by atoms with van der Waals surface area (Å²) in [6.07, 6.45) is 1.63. The lowest BCUT2D eigenvalue weighted by molar-refractivity contribution is -0.128. The highest BCUT2D eigenvalue weighted by Gasteiger charge is 2.41. The topological polar surface area (TPSA) is 44.8 Å². The van der Waals surface area contributed by atoms with Gasteiger partial charge in [-0.3, -0.25) is 4.79 Å². The minimum Gasteiger partial charge on any atom is -0.497 e. The van der Waals surface area contributed by atoms with Gasteiger partial charge in [0.1, 0.15) is 11.5 Å². The minimum absolute atomic E-state index is 0.00286. The van der Waals surface area contributed by atoms with Gasteiger partial charge in [-0.05, 0) is 60.0 Å². The number of benzene rings is 1. The Kier molecular flexibility index (Phi) is 10.2.